The largest absolute Gasteiger partial charge is 0.492 e. The maximum Gasteiger partial charge on any atom is 0.123 e. The van der Waals surface area contributed by atoms with Crippen LogP contribution in [0.5, 0.6) is 5.75 Å². The number of nitrogens with zero attached hydrogens (tertiary/aromatic N) is 3. The van der Waals surface area contributed by atoms with Crippen molar-refractivity contribution in [2.45, 2.75) is 19.2 Å². The van der Waals surface area contributed by atoms with Crippen molar-refractivity contribution in [1.29, 1.82) is 0 Å². The van der Waals surface area contributed by atoms with Crippen LogP contribution < -0.4 is 9.64 Å². The number of aliphatic hydroxyl groups excluding tert-OH is 1. The third kappa shape index (κ3) is 4.58. The zero-order valence-corrected chi connectivity index (χ0v) is 17.0. The first-order valence-electron chi connectivity index (χ1n) is 9.92. The Bertz CT molecular complexity index is 942. The van der Waals surface area contributed by atoms with E-state index in [2.05, 4.69) is 59.2 Å². The molecule has 2 heterocycles. The highest BCUT2D eigenvalue weighted by molar-refractivity contribution is 5.46. The molecular weight excluding hydrogens is 362 g/mol. The summed E-state index contributed by atoms with van der Waals surface area (Å²) >= 11 is 0. The number of hydrogen-bond acceptors (Lipinski definition) is 5. The maximum atomic E-state index is 10.7. The molecule has 0 bridgehead atoms. The van der Waals surface area contributed by atoms with Gasteiger partial charge < -0.3 is 14.7 Å². The summed E-state index contributed by atoms with van der Waals surface area (Å²) in [6, 6.07) is 18.4. The van der Waals surface area contributed by atoms with Gasteiger partial charge in [0.05, 0.1) is 0 Å². The molecule has 1 N–H and O–H groups in total. The fourth-order valence-electron chi connectivity index (χ4n) is 3.66. The fraction of sp³-hybridized carbons (Fsp3) is 0.292. The van der Waals surface area contributed by atoms with Crippen molar-refractivity contribution in [2.75, 3.05) is 32.1 Å². The molecule has 0 saturated carbocycles. The highest BCUT2D eigenvalue weighted by atomic mass is 16.5. The zero-order valence-electron chi connectivity index (χ0n) is 17.0. The van der Waals surface area contributed by atoms with Gasteiger partial charge in [0.15, 0.2) is 0 Å². The Morgan fingerprint density at radius 1 is 1.10 bits per heavy atom. The molecule has 0 radical (unpaired) electrons. The molecular formula is C24H27N3O2. The first-order chi connectivity index (χ1) is 14.1. The van der Waals surface area contributed by atoms with Gasteiger partial charge in [-0.05, 0) is 41.5 Å². The Kier molecular flexibility index (Phi) is 5.79. The second-order valence-corrected chi connectivity index (χ2v) is 7.68. The minimum Gasteiger partial charge on any atom is -0.492 e. The van der Waals surface area contributed by atoms with Crippen molar-refractivity contribution in [3.63, 3.8) is 0 Å². The van der Waals surface area contributed by atoms with Crippen molar-refractivity contribution in [2.24, 2.45) is 0 Å². The minimum absolute atomic E-state index is 0.660. The molecule has 0 aliphatic carbocycles. The molecule has 1 aliphatic rings. The Morgan fingerprint density at radius 3 is 2.66 bits per heavy atom. The van der Waals surface area contributed by atoms with E-state index in [0.29, 0.717) is 6.61 Å². The normalized spacial score (nSPS) is 15.1. The lowest BCUT2D eigenvalue weighted by Gasteiger charge is -2.21. The zero-order chi connectivity index (χ0) is 20.2. The van der Waals surface area contributed by atoms with E-state index >= 15 is 0 Å². The van der Waals surface area contributed by atoms with Crippen molar-refractivity contribution < 1.29 is 9.84 Å². The highest BCUT2D eigenvalue weighted by Crippen LogP contribution is 2.29. The quantitative estimate of drug-likeness (QED) is 0.722. The van der Waals surface area contributed by atoms with Crippen LogP contribution in [-0.2, 0) is 13.1 Å². The van der Waals surface area contributed by atoms with E-state index in [1.165, 1.54) is 11.3 Å². The van der Waals surface area contributed by atoms with Crippen LogP contribution >= 0.6 is 0 Å². The van der Waals surface area contributed by atoms with Crippen molar-refractivity contribution >= 4 is 5.69 Å². The van der Waals surface area contributed by atoms with Gasteiger partial charge in [-0.25, -0.2) is 0 Å². The number of aromatic nitrogens is 1. The number of aliphatic hydroxyl groups is 1. The molecule has 1 unspecified atom stereocenters. The molecule has 4 rings (SSSR count). The minimum atomic E-state index is -0.690. The number of anilines is 1. The summed E-state index contributed by atoms with van der Waals surface area (Å²) in [6.45, 7) is 3.18. The summed E-state index contributed by atoms with van der Waals surface area (Å²) < 4.78 is 5.97. The lowest BCUT2D eigenvalue weighted by Crippen LogP contribution is -2.25. The van der Waals surface area contributed by atoms with Crippen molar-refractivity contribution in [3.05, 3.63) is 89.2 Å². The van der Waals surface area contributed by atoms with Gasteiger partial charge in [0.2, 0.25) is 0 Å². The topological polar surface area (TPSA) is 48.8 Å². The molecule has 5 nitrogen and oxygen atoms in total. The van der Waals surface area contributed by atoms with Gasteiger partial charge >= 0.3 is 0 Å². The fourth-order valence-corrected chi connectivity index (χ4v) is 3.66. The number of ether oxygens (including phenoxy) is 1. The SMILES string of the molecule is CN(C)c1ccc(CN2CCOc3ccc(C(O)c4cccnc4)cc3C2)cc1. The number of hydrogen-bond donors (Lipinski definition) is 1. The van der Waals surface area contributed by atoms with E-state index in [0.717, 1.165) is 42.1 Å². The van der Waals surface area contributed by atoms with E-state index in [4.69, 9.17) is 4.74 Å². The van der Waals surface area contributed by atoms with Gasteiger partial charge in [0.25, 0.3) is 0 Å². The second kappa shape index (κ2) is 8.64. The van der Waals surface area contributed by atoms with E-state index in [-0.39, 0.29) is 0 Å². The molecule has 29 heavy (non-hydrogen) atoms. The van der Waals surface area contributed by atoms with Gasteiger partial charge in [-0.3, -0.25) is 9.88 Å². The molecule has 3 aromatic rings. The number of rotatable bonds is 5. The van der Waals surface area contributed by atoms with E-state index in [9.17, 15) is 5.11 Å². The van der Waals surface area contributed by atoms with Gasteiger partial charge in [-0.2, -0.15) is 0 Å². The Hall–Kier alpha value is -2.89. The molecule has 1 aliphatic heterocycles. The third-order valence-corrected chi connectivity index (χ3v) is 5.32. The molecule has 0 fully saturated rings. The summed E-state index contributed by atoms with van der Waals surface area (Å²) in [7, 11) is 4.10. The van der Waals surface area contributed by atoms with Crippen LogP contribution in [-0.4, -0.2) is 42.2 Å². The average Bonchev–Trinajstić information content (AvgIpc) is 2.95. The van der Waals surface area contributed by atoms with Crippen molar-refractivity contribution in [1.82, 2.24) is 9.88 Å². The van der Waals surface area contributed by atoms with Crippen LogP contribution in [0.25, 0.3) is 0 Å². The summed E-state index contributed by atoms with van der Waals surface area (Å²) in [5.41, 5.74) is 5.24. The van der Waals surface area contributed by atoms with Crippen LogP contribution in [0, 0.1) is 0 Å². The standard InChI is InChI=1S/C24H27N3O2/c1-26(2)22-8-5-18(6-9-22)16-27-12-13-29-23-10-7-19(14-21(23)17-27)24(28)20-4-3-11-25-15-20/h3-11,14-15,24,28H,12-13,16-17H2,1-2H3. The first-order valence-corrected chi connectivity index (χ1v) is 9.92. The van der Waals surface area contributed by atoms with E-state index in [1.807, 2.05) is 24.3 Å². The molecule has 1 atom stereocenters. The molecule has 0 saturated heterocycles. The van der Waals surface area contributed by atoms with Crippen molar-refractivity contribution in [3.8, 4) is 5.75 Å². The third-order valence-electron chi connectivity index (χ3n) is 5.32. The monoisotopic (exact) mass is 389 g/mol. The Morgan fingerprint density at radius 2 is 1.93 bits per heavy atom. The van der Waals surface area contributed by atoms with Gasteiger partial charge in [0, 0.05) is 62.9 Å². The molecule has 0 amide bonds. The maximum absolute atomic E-state index is 10.7. The molecule has 2 aromatic carbocycles. The van der Waals surface area contributed by atoms with Crippen LogP contribution in [0.4, 0.5) is 5.69 Å². The second-order valence-electron chi connectivity index (χ2n) is 7.68. The summed E-state index contributed by atoms with van der Waals surface area (Å²) in [6.07, 6.45) is 2.73. The van der Waals surface area contributed by atoms with Gasteiger partial charge in [0.1, 0.15) is 18.5 Å². The lowest BCUT2D eigenvalue weighted by atomic mass is 10.00. The molecule has 5 heteroatoms. The lowest BCUT2D eigenvalue weighted by molar-refractivity contribution is 0.218. The first kappa shape index (κ1) is 19.4. The summed E-state index contributed by atoms with van der Waals surface area (Å²) in [5, 5.41) is 10.7. The predicted octanol–water partition coefficient (Wildman–Crippen LogP) is 3.62. The molecule has 150 valence electrons. The molecule has 1 aromatic heterocycles. The Balaban J connectivity index is 1.51. The van der Waals surface area contributed by atoms with E-state index < -0.39 is 6.10 Å². The summed E-state index contributed by atoms with van der Waals surface area (Å²) in [5.74, 6) is 0.901. The summed E-state index contributed by atoms with van der Waals surface area (Å²) in [4.78, 5) is 8.61. The smallest absolute Gasteiger partial charge is 0.123 e. The van der Waals surface area contributed by atoms with Gasteiger partial charge in [-0.15, -0.1) is 0 Å². The molecule has 0 spiro atoms. The van der Waals surface area contributed by atoms with E-state index in [1.54, 1.807) is 12.4 Å². The van der Waals surface area contributed by atoms with Crippen LogP contribution in [0.2, 0.25) is 0 Å². The van der Waals surface area contributed by atoms with Gasteiger partial charge in [-0.1, -0.05) is 24.3 Å². The predicted molar refractivity (Wildman–Crippen MR) is 115 cm³/mol. The van der Waals surface area contributed by atoms with Crippen LogP contribution in [0.1, 0.15) is 28.4 Å². The van der Waals surface area contributed by atoms with Crippen LogP contribution in [0.3, 0.4) is 0 Å². The Labute approximate surface area is 172 Å². The van der Waals surface area contributed by atoms with Crippen LogP contribution in [0.15, 0.2) is 67.0 Å². The number of benzene rings is 2. The highest BCUT2D eigenvalue weighted by Gasteiger charge is 2.19. The average molecular weight is 389 g/mol. The number of pyridine rings is 1. The number of fused-ring (bicyclic) bond motifs is 1.